The lowest BCUT2D eigenvalue weighted by molar-refractivity contribution is 0.463. The summed E-state index contributed by atoms with van der Waals surface area (Å²) in [6, 6.07) is 2.84. The van der Waals surface area contributed by atoms with E-state index in [4.69, 9.17) is 5.10 Å². The Bertz CT molecular complexity index is 439. The Morgan fingerprint density at radius 2 is 2.19 bits per heavy atom. The SMILES string of the molecule is CC(=CCCNCC(C)C)Cc1ccn(C2CCCC2)n1. The fraction of sp³-hybridized carbons (Fsp3) is 0.722. The van der Waals surface area contributed by atoms with E-state index < -0.39 is 0 Å². The molecule has 21 heavy (non-hydrogen) atoms. The molecular formula is C18H31N3. The predicted molar refractivity (Wildman–Crippen MR) is 89.5 cm³/mol. The lowest BCUT2D eigenvalue weighted by Gasteiger charge is -2.09. The fourth-order valence-corrected chi connectivity index (χ4v) is 3.01. The Morgan fingerprint density at radius 3 is 2.90 bits per heavy atom. The van der Waals surface area contributed by atoms with Gasteiger partial charge >= 0.3 is 0 Å². The van der Waals surface area contributed by atoms with Crippen LogP contribution < -0.4 is 5.32 Å². The number of nitrogens with zero attached hydrogens (tertiary/aromatic N) is 2. The maximum absolute atomic E-state index is 4.76. The van der Waals surface area contributed by atoms with Crippen LogP contribution in [0.5, 0.6) is 0 Å². The van der Waals surface area contributed by atoms with Crippen LogP contribution >= 0.6 is 0 Å². The van der Waals surface area contributed by atoms with Gasteiger partial charge in [0.25, 0.3) is 0 Å². The van der Waals surface area contributed by atoms with Gasteiger partial charge in [0.05, 0.1) is 11.7 Å². The third-order valence-corrected chi connectivity index (χ3v) is 4.19. The molecule has 0 unspecified atom stereocenters. The molecule has 1 heterocycles. The Balaban J connectivity index is 1.73. The van der Waals surface area contributed by atoms with Gasteiger partial charge in [-0.15, -0.1) is 0 Å². The maximum atomic E-state index is 4.76. The van der Waals surface area contributed by atoms with Crippen molar-refractivity contribution in [1.82, 2.24) is 15.1 Å². The Hall–Kier alpha value is -1.09. The van der Waals surface area contributed by atoms with Gasteiger partial charge in [0.2, 0.25) is 0 Å². The Morgan fingerprint density at radius 1 is 1.43 bits per heavy atom. The van der Waals surface area contributed by atoms with Crippen LogP contribution in [0.15, 0.2) is 23.9 Å². The van der Waals surface area contributed by atoms with Gasteiger partial charge in [0.15, 0.2) is 0 Å². The summed E-state index contributed by atoms with van der Waals surface area (Å²) in [5.41, 5.74) is 2.64. The van der Waals surface area contributed by atoms with Crippen molar-refractivity contribution in [2.45, 2.75) is 65.3 Å². The normalized spacial score (nSPS) is 17.0. The topological polar surface area (TPSA) is 29.9 Å². The number of hydrogen-bond acceptors (Lipinski definition) is 2. The highest BCUT2D eigenvalue weighted by molar-refractivity contribution is 5.12. The van der Waals surface area contributed by atoms with E-state index in [1.807, 2.05) is 0 Å². The first kappa shape index (κ1) is 16.3. The summed E-state index contributed by atoms with van der Waals surface area (Å²) in [6.45, 7) is 8.89. The van der Waals surface area contributed by atoms with Crippen LogP contribution in [0.2, 0.25) is 0 Å². The monoisotopic (exact) mass is 289 g/mol. The molecule has 1 aromatic heterocycles. The summed E-state index contributed by atoms with van der Waals surface area (Å²) in [5, 5.41) is 8.24. The molecule has 1 aromatic rings. The third-order valence-electron chi connectivity index (χ3n) is 4.19. The molecule has 0 bridgehead atoms. The highest BCUT2D eigenvalue weighted by Crippen LogP contribution is 2.28. The molecule has 0 spiro atoms. The minimum atomic E-state index is 0.656. The number of hydrogen-bond donors (Lipinski definition) is 1. The van der Waals surface area contributed by atoms with E-state index >= 15 is 0 Å². The van der Waals surface area contributed by atoms with Gasteiger partial charge in [-0.3, -0.25) is 4.68 Å². The van der Waals surface area contributed by atoms with Crippen molar-refractivity contribution < 1.29 is 0 Å². The van der Waals surface area contributed by atoms with Gasteiger partial charge in [-0.05, 0) is 51.3 Å². The van der Waals surface area contributed by atoms with Crippen LogP contribution in [0.1, 0.15) is 64.6 Å². The van der Waals surface area contributed by atoms with Gasteiger partial charge in [-0.1, -0.05) is 38.3 Å². The largest absolute Gasteiger partial charge is 0.316 e. The van der Waals surface area contributed by atoms with Gasteiger partial charge < -0.3 is 5.32 Å². The molecule has 2 rings (SSSR count). The first-order valence-electron chi connectivity index (χ1n) is 8.55. The van der Waals surface area contributed by atoms with Crippen molar-refractivity contribution in [3.8, 4) is 0 Å². The van der Waals surface area contributed by atoms with E-state index in [1.54, 1.807) is 0 Å². The Labute approximate surface area is 129 Å². The summed E-state index contributed by atoms with van der Waals surface area (Å²) in [7, 11) is 0. The molecule has 0 atom stereocenters. The zero-order chi connectivity index (χ0) is 15.1. The average molecular weight is 289 g/mol. The number of allylic oxidation sites excluding steroid dienone is 1. The van der Waals surface area contributed by atoms with Crippen molar-refractivity contribution in [2.24, 2.45) is 5.92 Å². The standard InChI is InChI=1S/C18H31N3/c1-15(2)14-19-11-6-7-16(3)13-17-10-12-21(20-17)18-8-4-5-9-18/h7,10,12,15,18-19H,4-6,8-9,11,13-14H2,1-3H3. The summed E-state index contributed by atoms with van der Waals surface area (Å²) in [5.74, 6) is 0.731. The van der Waals surface area contributed by atoms with Crippen molar-refractivity contribution in [1.29, 1.82) is 0 Å². The van der Waals surface area contributed by atoms with Gasteiger partial charge in [0, 0.05) is 12.6 Å². The highest BCUT2D eigenvalue weighted by Gasteiger charge is 2.17. The number of aromatic nitrogens is 2. The molecule has 118 valence electrons. The second-order valence-electron chi connectivity index (χ2n) is 6.84. The second-order valence-corrected chi connectivity index (χ2v) is 6.84. The van der Waals surface area contributed by atoms with Crippen molar-refractivity contribution in [2.75, 3.05) is 13.1 Å². The van der Waals surface area contributed by atoms with E-state index in [0.29, 0.717) is 6.04 Å². The van der Waals surface area contributed by atoms with E-state index in [0.717, 1.165) is 31.8 Å². The molecular weight excluding hydrogens is 258 g/mol. The van der Waals surface area contributed by atoms with Gasteiger partial charge in [-0.25, -0.2) is 0 Å². The molecule has 0 radical (unpaired) electrons. The van der Waals surface area contributed by atoms with Crippen LogP contribution in [0.25, 0.3) is 0 Å². The first-order valence-corrected chi connectivity index (χ1v) is 8.55. The van der Waals surface area contributed by atoms with E-state index in [2.05, 4.69) is 49.1 Å². The van der Waals surface area contributed by atoms with Crippen LogP contribution in [0.4, 0.5) is 0 Å². The summed E-state index contributed by atoms with van der Waals surface area (Å²) < 4.78 is 2.19. The van der Waals surface area contributed by atoms with Gasteiger partial charge in [-0.2, -0.15) is 5.10 Å². The first-order chi connectivity index (χ1) is 10.1. The molecule has 3 nitrogen and oxygen atoms in total. The van der Waals surface area contributed by atoms with E-state index in [-0.39, 0.29) is 0 Å². The fourth-order valence-electron chi connectivity index (χ4n) is 3.01. The molecule has 1 aliphatic carbocycles. The minimum Gasteiger partial charge on any atom is -0.316 e. The second kappa shape index (κ2) is 8.38. The Kier molecular flexibility index (Phi) is 6.50. The molecule has 1 aliphatic rings. The molecule has 1 N–H and O–H groups in total. The maximum Gasteiger partial charge on any atom is 0.0664 e. The summed E-state index contributed by atoms with van der Waals surface area (Å²) in [4.78, 5) is 0. The zero-order valence-corrected chi connectivity index (χ0v) is 13.9. The lowest BCUT2D eigenvalue weighted by Crippen LogP contribution is -2.20. The van der Waals surface area contributed by atoms with Crippen LogP contribution in [0.3, 0.4) is 0 Å². The molecule has 0 amide bonds. The molecule has 0 aromatic carbocycles. The summed E-state index contributed by atoms with van der Waals surface area (Å²) >= 11 is 0. The highest BCUT2D eigenvalue weighted by atomic mass is 15.3. The predicted octanol–water partition coefficient (Wildman–Crippen LogP) is 4.12. The smallest absolute Gasteiger partial charge is 0.0664 e. The quantitative estimate of drug-likeness (QED) is 0.576. The minimum absolute atomic E-state index is 0.656. The number of nitrogens with one attached hydrogen (secondary N) is 1. The van der Waals surface area contributed by atoms with Crippen LogP contribution in [0, 0.1) is 5.92 Å². The van der Waals surface area contributed by atoms with Crippen molar-refractivity contribution >= 4 is 0 Å². The van der Waals surface area contributed by atoms with Gasteiger partial charge in [0.1, 0.15) is 0 Å². The molecule has 0 saturated heterocycles. The van der Waals surface area contributed by atoms with E-state index in [1.165, 1.54) is 37.0 Å². The summed E-state index contributed by atoms with van der Waals surface area (Å²) in [6.07, 6.45) is 12.0. The number of rotatable bonds is 8. The molecule has 0 aliphatic heterocycles. The van der Waals surface area contributed by atoms with Crippen molar-refractivity contribution in [3.05, 3.63) is 29.6 Å². The lowest BCUT2D eigenvalue weighted by atomic mass is 10.1. The zero-order valence-electron chi connectivity index (χ0n) is 13.9. The molecule has 1 saturated carbocycles. The average Bonchev–Trinajstić information content (AvgIpc) is 3.08. The van der Waals surface area contributed by atoms with Crippen LogP contribution in [-0.4, -0.2) is 22.9 Å². The molecule has 1 fully saturated rings. The molecule has 3 heteroatoms. The van der Waals surface area contributed by atoms with Crippen LogP contribution in [-0.2, 0) is 6.42 Å². The van der Waals surface area contributed by atoms with E-state index in [9.17, 15) is 0 Å². The van der Waals surface area contributed by atoms with Crippen molar-refractivity contribution in [3.63, 3.8) is 0 Å². The third kappa shape index (κ3) is 5.66.